The number of fused-ring (bicyclic) bond motifs is 1. The van der Waals surface area contributed by atoms with Gasteiger partial charge in [-0.15, -0.1) is 0 Å². The Morgan fingerprint density at radius 3 is 2.96 bits per heavy atom. The second kappa shape index (κ2) is 7.66. The topological polar surface area (TPSA) is 76.5 Å². The molecule has 148 valence electrons. The van der Waals surface area contributed by atoms with Crippen LogP contribution in [0.25, 0.3) is 0 Å². The third-order valence-electron chi connectivity index (χ3n) is 5.74. The SMILES string of the molecule is COc1cccc(N2CC(C(=O)NCc3nn(C)c4c3CCCC4)CC2=O)c1. The summed E-state index contributed by atoms with van der Waals surface area (Å²) >= 11 is 0. The van der Waals surface area contributed by atoms with Crippen molar-refractivity contribution in [2.24, 2.45) is 13.0 Å². The number of rotatable bonds is 5. The van der Waals surface area contributed by atoms with Gasteiger partial charge in [0.15, 0.2) is 0 Å². The molecule has 2 amide bonds. The highest BCUT2D eigenvalue weighted by molar-refractivity contribution is 6.00. The van der Waals surface area contributed by atoms with Crippen LogP contribution in [0.4, 0.5) is 5.69 Å². The molecule has 1 N–H and O–H groups in total. The summed E-state index contributed by atoms with van der Waals surface area (Å²) in [6, 6.07) is 7.36. The van der Waals surface area contributed by atoms with E-state index in [0.717, 1.165) is 24.2 Å². The maximum absolute atomic E-state index is 12.7. The summed E-state index contributed by atoms with van der Waals surface area (Å²) in [4.78, 5) is 26.8. The van der Waals surface area contributed by atoms with Gasteiger partial charge in [0.05, 0.1) is 25.3 Å². The van der Waals surface area contributed by atoms with Crippen LogP contribution in [0.2, 0.25) is 0 Å². The van der Waals surface area contributed by atoms with Gasteiger partial charge in [-0.1, -0.05) is 6.07 Å². The summed E-state index contributed by atoms with van der Waals surface area (Å²) in [5.74, 6) is 0.217. The molecule has 1 unspecified atom stereocenters. The van der Waals surface area contributed by atoms with E-state index in [9.17, 15) is 9.59 Å². The van der Waals surface area contributed by atoms with Crippen molar-refractivity contribution < 1.29 is 14.3 Å². The molecular formula is C21H26N4O3. The first kappa shape index (κ1) is 18.5. The highest BCUT2D eigenvalue weighted by Gasteiger charge is 2.35. The van der Waals surface area contributed by atoms with Crippen molar-refractivity contribution in [1.82, 2.24) is 15.1 Å². The van der Waals surface area contributed by atoms with Crippen molar-refractivity contribution in [3.63, 3.8) is 0 Å². The predicted molar refractivity (Wildman–Crippen MR) is 105 cm³/mol. The average Bonchev–Trinajstić information content (AvgIpc) is 3.27. The first-order valence-electron chi connectivity index (χ1n) is 9.82. The number of hydrogen-bond donors (Lipinski definition) is 1. The standard InChI is InChI=1S/C21H26N4O3/c1-24-19-9-4-3-8-17(19)18(23-24)12-22-21(27)14-10-20(26)25(13-14)15-6-5-7-16(11-15)28-2/h5-7,11,14H,3-4,8-10,12-13H2,1-2H3,(H,22,27). The molecule has 0 spiro atoms. The fourth-order valence-electron chi connectivity index (χ4n) is 4.23. The number of methoxy groups -OCH3 is 1. The predicted octanol–water partition coefficient (Wildman–Crippen LogP) is 1.98. The highest BCUT2D eigenvalue weighted by Crippen LogP contribution is 2.28. The minimum atomic E-state index is -0.349. The van der Waals surface area contributed by atoms with Crippen molar-refractivity contribution >= 4 is 17.5 Å². The largest absolute Gasteiger partial charge is 0.497 e. The van der Waals surface area contributed by atoms with Gasteiger partial charge in [-0.2, -0.15) is 5.10 Å². The van der Waals surface area contributed by atoms with E-state index < -0.39 is 0 Å². The molecule has 7 heteroatoms. The van der Waals surface area contributed by atoms with Crippen LogP contribution in [0, 0.1) is 5.92 Å². The van der Waals surface area contributed by atoms with Crippen LogP contribution in [0.1, 0.15) is 36.2 Å². The average molecular weight is 382 g/mol. The maximum Gasteiger partial charge on any atom is 0.227 e. The molecule has 1 saturated heterocycles. The first-order chi connectivity index (χ1) is 13.6. The van der Waals surface area contributed by atoms with Gasteiger partial charge in [0, 0.05) is 37.5 Å². The molecule has 1 aliphatic heterocycles. The van der Waals surface area contributed by atoms with Gasteiger partial charge in [-0.05, 0) is 43.4 Å². The van der Waals surface area contributed by atoms with Gasteiger partial charge < -0.3 is 15.0 Å². The lowest BCUT2D eigenvalue weighted by molar-refractivity contribution is -0.126. The lowest BCUT2D eigenvalue weighted by Crippen LogP contribution is -2.33. The third-order valence-corrected chi connectivity index (χ3v) is 5.74. The van der Waals surface area contributed by atoms with E-state index in [-0.39, 0.29) is 24.2 Å². The lowest BCUT2D eigenvalue weighted by Gasteiger charge is -2.17. The van der Waals surface area contributed by atoms with E-state index in [1.165, 1.54) is 24.1 Å². The molecule has 0 saturated carbocycles. The number of carbonyl (C=O) groups excluding carboxylic acids is 2. The zero-order valence-corrected chi connectivity index (χ0v) is 16.4. The molecule has 0 bridgehead atoms. The third kappa shape index (κ3) is 3.48. The monoisotopic (exact) mass is 382 g/mol. The Balaban J connectivity index is 1.40. The quantitative estimate of drug-likeness (QED) is 0.858. The van der Waals surface area contributed by atoms with Crippen LogP contribution in [0.5, 0.6) is 5.75 Å². The maximum atomic E-state index is 12.7. The summed E-state index contributed by atoms with van der Waals surface area (Å²) in [6.07, 6.45) is 4.68. The molecular weight excluding hydrogens is 356 g/mol. The van der Waals surface area contributed by atoms with Crippen LogP contribution in [0.15, 0.2) is 24.3 Å². The van der Waals surface area contributed by atoms with E-state index in [1.54, 1.807) is 12.0 Å². The van der Waals surface area contributed by atoms with E-state index in [1.807, 2.05) is 36.0 Å². The Morgan fingerprint density at radius 2 is 2.14 bits per heavy atom. The van der Waals surface area contributed by atoms with Gasteiger partial charge in [0.25, 0.3) is 0 Å². The van der Waals surface area contributed by atoms with Crippen LogP contribution in [-0.4, -0.2) is 35.2 Å². The first-order valence-corrected chi connectivity index (χ1v) is 9.82. The normalized spacial score (nSPS) is 18.9. The fourth-order valence-corrected chi connectivity index (χ4v) is 4.23. The molecule has 2 aliphatic rings. The summed E-state index contributed by atoms with van der Waals surface area (Å²) in [6.45, 7) is 0.810. The zero-order valence-electron chi connectivity index (χ0n) is 16.4. The van der Waals surface area contributed by atoms with Crippen molar-refractivity contribution in [3.05, 3.63) is 41.2 Å². The molecule has 1 aliphatic carbocycles. The van der Waals surface area contributed by atoms with Crippen LogP contribution in [0.3, 0.4) is 0 Å². The molecule has 2 aromatic rings. The lowest BCUT2D eigenvalue weighted by atomic mass is 9.95. The number of ether oxygens (including phenoxy) is 1. The van der Waals surface area contributed by atoms with Gasteiger partial charge in [-0.3, -0.25) is 14.3 Å². The molecule has 7 nitrogen and oxygen atoms in total. The van der Waals surface area contributed by atoms with Crippen LogP contribution < -0.4 is 15.0 Å². The molecule has 1 aromatic carbocycles. The number of carbonyl (C=O) groups is 2. The number of anilines is 1. The Labute approximate surface area is 164 Å². The minimum Gasteiger partial charge on any atom is -0.497 e. The fraction of sp³-hybridized carbons (Fsp3) is 0.476. The van der Waals surface area contributed by atoms with E-state index in [0.29, 0.717) is 18.8 Å². The number of hydrogen-bond acceptors (Lipinski definition) is 4. The molecule has 28 heavy (non-hydrogen) atoms. The van der Waals surface area contributed by atoms with E-state index in [2.05, 4.69) is 10.4 Å². The summed E-state index contributed by atoms with van der Waals surface area (Å²) in [7, 11) is 3.56. The van der Waals surface area contributed by atoms with Gasteiger partial charge >= 0.3 is 0 Å². The molecule has 1 fully saturated rings. The van der Waals surface area contributed by atoms with Gasteiger partial charge in [0.2, 0.25) is 11.8 Å². The molecule has 1 atom stereocenters. The van der Waals surface area contributed by atoms with Crippen molar-refractivity contribution in [1.29, 1.82) is 0 Å². The molecule has 4 rings (SSSR count). The number of amides is 2. The Morgan fingerprint density at radius 1 is 1.32 bits per heavy atom. The summed E-state index contributed by atoms with van der Waals surface area (Å²) in [5, 5.41) is 7.60. The smallest absolute Gasteiger partial charge is 0.227 e. The zero-order chi connectivity index (χ0) is 19.7. The molecule has 1 aromatic heterocycles. The Bertz CT molecular complexity index is 905. The van der Waals surface area contributed by atoms with Crippen molar-refractivity contribution in [2.75, 3.05) is 18.6 Å². The number of aromatic nitrogens is 2. The number of aryl methyl sites for hydroxylation is 1. The Kier molecular flexibility index (Phi) is 5.07. The summed E-state index contributed by atoms with van der Waals surface area (Å²) in [5.41, 5.74) is 4.29. The van der Waals surface area contributed by atoms with Crippen LogP contribution in [-0.2, 0) is 36.0 Å². The molecule has 2 heterocycles. The van der Waals surface area contributed by atoms with Gasteiger partial charge in [-0.25, -0.2) is 0 Å². The second-order valence-corrected chi connectivity index (χ2v) is 7.53. The van der Waals surface area contributed by atoms with Crippen molar-refractivity contribution in [2.45, 2.75) is 38.6 Å². The van der Waals surface area contributed by atoms with Gasteiger partial charge in [0.1, 0.15) is 5.75 Å². The van der Waals surface area contributed by atoms with Crippen molar-refractivity contribution in [3.8, 4) is 5.75 Å². The summed E-state index contributed by atoms with van der Waals surface area (Å²) < 4.78 is 7.18. The number of nitrogens with one attached hydrogen (secondary N) is 1. The highest BCUT2D eigenvalue weighted by atomic mass is 16.5. The van der Waals surface area contributed by atoms with Crippen LogP contribution >= 0.6 is 0 Å². The number of nitrogens with zero attached hydrogens (tertiary/aromatic N) is 3. The molecule has 0 radical (unpaired) electrons. The second-order valence-electron chi connectivity index (χ2n) is 7.53. The minimum absolute atomic E-state index is 0.0383. The van der Waals surface area contributed by atoms with E-state index in [4.69, 9.17) is 4.74 Å². The Hall–Kier alpha value is -2.83. The number of benzene rings is 1. The van der Waals surface area contributed by atoms with E-state index >= 15 is 0 Å².